The van der Waals surface area contributed by atoms with Gasteiger partial charge < -0.3 is 13.9 Å². The van der Waals surface area contributed by atoms with Gasteiger partial charge in [-0.15, -0.1) is 0 Å². The number of nitro benzene ring substituents is 1. The van der Waals surface area contributed by atoms with E-state index in [1.807, 2.05) is 0 Å². The van der Waals surface area contributed by atoms with Gasteiger partial charge in [0.2, 0.25) is 5.76 Å². The van der Waals surface area contributed by atoms with Gasteiger partial charge in [0.1, 0.15) is 12.4 Å². The minimum Gasteiger partial charge on any atom is -0.463 e. The molecule has 0 atom stereocenters. The van der Waals surface area contributed by atoms with Crippen LogP contribution in [0.2, 0.25) is 0 Å². The fraction of sp³-hybridized carbons (Fsp3) is 0.200. The number of benzene rings is 1. The Morgan fingerprint density at radius 2 is 1.96 bits per heavy atom. The number of esters is 2. The summed E-state index contributed by atoms with van der Waals surface area (Å²) in [7, 11) is 1.22. The topological polar surface area (TPSA) is 109 Å². The Kier molecular flexibility index (Phi) is 4.75. The second kappa shape index (κ2) is 6.73. The summed E-state index contributed by atoms with van der Waals surface area (Å²) in [6.45, 7) is 1.26. The van der Waals surface area contributed by atoms with Crippen LogP contribution in [0, 0.1) is 17.0 Å². The van der Waals surface area contributed by atoms with Crippen molar-refractivity contribution in [2.24, 2.45) is 0 Å². The molecule has 0 aliphatic heterocycles. The monoisotopic (exact) mass is 319 g/mol. The first-order chi connectivity index (χ1) is 10.9. The zero-order chi connectivity index (χ0) is 17.0. The number of hydrogen-bond donors (Lipinski definition) is 0. The van der Waals surface area contributed by atoms with Crippen molar-refractivity contribution in [2.45, 2.75) is 13.5 Å². The molecule has 0 unspecified atom stereocenters. The third-order valence-corrected chi connectivity index (χ3v) is 3.12. The minimum absolute atomic E-state index is 0.00919. The molecule has 8 heteroatoms. The van der Waals surface area contributed by atoms with Crippen molar-refractivity contribution >= 4 is 17.6 Å². The molecule has 1 heterocycles. The van der Waals surface area contributed by atoms with Gasteiger partial charge in [0.15, 0.2) is 0 Å². The third kappa shape index (κ3) is 3.54. The molecule has 8 nitrogen and oxygen atoms in total. The van der Waals surface area contributed by atoms with Crippen LogP contribution in [0.3, 0.4) is 0 Å². The summed E-state index contributed by atoms with van der Waals surface area (Å²) in [6.07, 6.45) is 0. The highest BCUT2D eigenvalue weighted by Crippen LogP contribution is 2.22. The lowest BCUT2D eigenvalue weighted by Gasteiger charge is -2.06. The Morgan fingerprint density at radius 3 is 2.61 bits per heavy atom. The smallest absolute Gasteiger partial charge is 0.373 e. The fourth-order valence-electron chi connectivity index (χ4n) is 1.92. The lowest BCUT2D eigenvalue weighted by molar-refractivity contribution is -0.385. The van der Waals surface area contributed by atoms with Crippen LogP contribution < -0.4 is 0 Å². The highest BCUT2D eigenvalue weighted by Gasteiger charge is 2.19. The van der Waals surface area contributed by atoms with Gasteiger partial charge in [-0.25, -0.2) is 9.59 Å². The van der Waals surface area contributed by atoms with Crippen LogP contribution in [0.1, 0.15) is 32.2 Å². The van der Waals surface area contributed by atoms with Crippen LogP contribution in [0.5, 0.6) is 0 Å². The number of hydrogen-bond acceptors (Lipinski definition) is 7. The Balaban J connectivity index is 2.08. The lowest BCUT2D eigenvalue weighted by Crippen LogP contribution is -2.08. The predicted octanol–water partition coefficient (Wildman–Crippen LogP) is 2.64. The van der Waals surface area contributed by atoms with Gasteiger partial charge >= 0.3 is 11.9 Å². The first-order valence-electron chi connectivity index (χ1n) is 6.52. The van der Waals surface area contributed by atoms with E-state index in [0.29, 0.717) is 0 Å². The molecule has 0 aliphatic rings. The number of methoxy groups -OCH3 is 1. The molecule has 2 aromatic rings. The SMILES string of the molecule is COC(=O)c1ccc(COC(=O)c2cccc([N+](=O)[O-])c2C)o1. The van der Waals surface area contributed by atoms with Crippen molar-refractivity contribution in [1.29, 1.82) is 0 Å². The number of rotatable bonds is 5. The summed E-state index contributed by atoms with van der Waals surface area (Å²) < 4.78 is 14.7. The molecule has 23 heavy (non-hydrogen) atoms. The summed E-state index contributed by atoms with van der Waals surface area (Å²) in [5, 5.41) is 10.9. The van der Waals surface area contributed by atoms with E-state index in [0.717, 1.165) is 0 Å². The van der Waals surface area contributed by atoms with Crippen molar-refractivity contribution in [3.63, 3.8) is 0 Å². The van der Waals surface area contributed by atoms with Crippen LogP contribution in [-0.4, -0.2) is 24.0 Å². The van der Waals surface area contributed by atoms with Gasteiger partial charge in [0, 0.05) is 11.6 Å². The lowest BCUT2D eigenvalue weighted by atomic mass is 10.1. The molecule has 0 saturated heterocycles. The molecular formula is C15H13NO7. The van der Waals surface area contributed by atoms with E-state index in [9.17, 15) is 19.7 Å². The molecule has 1 aromatic heterocycles. The Morgan fingerprint density at radius 1 is 1.22 bits per heavy atom. The second-order valence-electron chi connectivity index (χ2n) is 4.54. The molecule has 2 rings (SSSR count). The maximum absolute atomic E-state index is 12.0. The maximum atomic E-state index is 12.0. The highest BCUT2D eigenvalue weighted by molar-refractivity contribution is 5.92. The van der Waals surface area contributed by atoms with Gasteiger partial charge in [-0.3, -0.25) is 10.1 Å². The van der Waals surface area contributed by atoms with Gasteiger partial charge in [-0.05, 0) is 25.1 Å². The molecule has 1 aromatic carbocycles. The predicted molar refractivity (Wildman–Crippen MR) is 77.0 cm³/mol. The average molecular weight is 319 g/mol. The molecule has 0 N–H and O–H groups in total. The zero-order valence-electron chi connectivity index (χ0n) is 12.4. The van der Waals surface area contributed by atoms with Crippen molar-refractivity contribution in [3.05, 3.63) is 63.1 Å². The largest absolute Gasteiger partial charge is 0.463 e. The zero-order valence-corrected chi connectivity index (χ0v) is 12.4. The van der Waals surface area contributed by atoms with Crippen LogP contribution in [0.4, 0.5) is 5.69 Å². The van der Waals surface area contributed by atoms with E-state index < -0.39 is 16.9 Å². The number of ether oxygens (including phenoxy) is 2. The standard InChI is InChI=1S/C15H13NO7/c1-9-11(4-3-5-12(9)16(19)20)14(17)22-8-10-6-7-13(23-10)15(18)21-2/h3-7H,8H2,1-2H3. The highest BCUT2D eigenvalue weighted by atomic mass is 16.6. The van der Waals surface area contributed by atoms with Crippen LogP contribution in [0.15, 0.2) is 34.7 Å². The third-order valence-electron chi connectivity index (χ3n) is 3.12. The van der Waals surface area contributed by atoms with Gasteiger partial charge in [-0.1, -0.05) is 6.07 Å². The molecule has 0 spiro atoms. The van der Waals surface area contributed by atoms with Crippen LogP contribution in [-0.2, 0) is 16.1 Å². The minimum atomic E-state index is -0.720. The van der Waals surface area contributed by atoms with Crippen LogP contribution >= 0.6 is 0 Å². The molecule has 0 bridgehead atoms. The van der Waals surface area contributed by atoms with E-state index >= 15 is 0 Å². The summed E-state index contributed by atoms with van der Waals surface area (Å²) >= 11 is 0. The van der Waals surface area contributed by atoms with Crippen molar-refractivity contribution in [3.8, 4) is 0 Å². The van der Waals surface area contributed by atoms with E-state index in [1.54, 1.807) is 0 Å². The first kappa shape index (κ1) is 16.2. The van der Waals surface area contributed by atoms with E-state index in [1.165, 1.54) is 44.4 Å². The maximum Gasteiger partial charge on any atom is 0.373 e. The summed E-state index contributed by atoms with van der Waals surface area (Å²) in [5.74, 6) is -1.12. The van der Waals surface area contributed by atoms with Gasteiger partial charge in [-0.2, -0.15) is 0 Å². The molecule has 0 radical (unpaired) electrons. The van der Waals surface area contributed by atoms with Gasteiger partial charge in [0.25, 0.3) is 5.69 Å². The number of nitro groups is 1. The number of furan rings is 1. The Hall–Kier alpha value is -3.16. The number of carbonyl (C=O) groups is 2. The number of carbonyl (C=O) groups excluding carboxylic acids is 2. The Bertz CT molecular complexity index is 763. The Labute approximate surface area is 130 Å². The molecule has 0 aliphatic carbocycles. The van der Waals surface area contributed by atoms with Crippen LogP contribution in [0.25, 0.3) is 0 Å². The molecule has 0 fully saturated rings. The second-order valence-corrected chi connectivity index (χ2v) is 4.54. The quantitative estimate of drug-likeness (QED) is 0.473. The fourth-order valence-corrected chi connectivity index (χ4v) is 1.92. The number of nitrogens with zero attached hydrogens (tertiary/aromatic N) is 1. The van der Waals surface area contributed by atoms with E-state index in [2.05, 4.69) is 4.74 Å². The summed E-state index contributed by atoms with van der Waals surface area (Å²) in [5.41, 5.74) is 0.154. The summed E-state index contributed by atoms with van der Waals surface area (Å²) in [6, 6.07) is 7.02. The van der Waals surface area contributed by atoms with Crippen molar-refractivity contribution in [2.75, 3.05) is 7.11 Å². The molecule has 0 amide bonds. The van der Waals surface area contributed by atoms with Gasteiger partial charge in [0.05, 0.1) is 17.6 Å². The van der Waals surface area contributed by atoms with Crippen molar-refractivity contribution in [1.82, 2.24) is 0 Å². The van der Waals surface area contributed by atoms with Crippen molar-refractivity contribution < 1.29 is 28.4 Å². The molecular weight excluding hydrogens is 306 g/mol. The van der Waals surface area contributed by atoms with E-state index in [-0.39, 0.29) is 34.9 Å². The normalized spacial score (nSPS) is 10.2. The first-order valence-corrected chi connectivity index (χ1v) is 6.52. The van der Waals surface area contributed by atoms with E-state index in [4.69, 9.17) is 9.15 Å². The summed E-state index contributed by atoms with van der Waals surface area (Å²) in [4.78, 5) is 33.6. The molecule has 0 saturated carbocycles. The average Bonchev–Trinajstić information content (AvgIpc) is 3.00. The molecule has 120 valence electrons.